The number of rotatable bonds is 4. The zero-order chi connectivity index (χ0) is 15.3. The molecule has 4 rings (SSSR count). The molecule has 0 bridgehead atoms. The fourth-order valence-electron chi connectivity index (χ4n) is 2.68. The highest BCUT2D eigenvalue weighted by Gasteiger charge is 2.24. The minimum atomic E-state index is -0.0237. The van der Waals surface area contributed by atoms with E-state index in [-0.39, 0.29) is 11.7 Å². The number of fused-ring (bicyclic) bond motifs is 1. The summed E-state index contributed by atoms with van der Waals surface area (Å²) in [6.45, 7) is 3.82. The summed E-state index contributed by atoms with van der Waals surface area (Å²) in [7, 11) is 0. The van der Waals surface area contributed by atoms with Crippen LogP contribution in [0.3, 0.4) is 0 Å². The Balaban J connectivity index is 1.73. The maximum atomic E-state index is 12.2. The van der Waals surface area contributed by atoms with E-state index < -0.39 is 0 Å². The van der Waals surface area contributed by atoms with Crippen LogP contribution in [-0.4, -0.2) is 25.2 Å². The number of hydrogen-bond acceptors (Lipinski definition) is 3. The van der Waals surface area contributed by atoms with Gasteiger partial charge < -0.3 is 0 Å². The first-order chi connectivity index (χ1) is 10.6. The van der Waals surface area contributed by atoms with E-state index in [1.165, 1.54) is 12.8 Å². The Labute approximate surface area is 128 Å². The molecule has 3 aromatic rings. The van der Waals surface area contributed by atoms with Crippen molar-refractivity contribution in [3.63, 3.8) is 0 Å². The molecular formula is C17H18N4O. The molecule has 3 heterocycles. The number of ketones is 1. The first kappa shape index (κ1) is 13.2. The van der Waals surface area contributed by atoms with Crippen LogP contribution in [0, 0.1) is 5.92 Å². The molecule has 22 heavy (non-hydrogen) atoms. The Morgan fingerprint density at radius 1 is 1.14 bits per heavy atom. The molecule has 3 aromatic heterocycles. The molecular weight excluding hydrogens is 276 g/mol. The van der Waals surface area contributed by atoms with Gasteiger partial charge in [0.2, 0.25) is 0 Å². The van der Waals surface area contributed by atoms with Crippen molar-refractivity contribution < 1.29 is 4.79 Å². The molecule has 1 aliphatic carbocycles. The van der Waals surface area contributed by atoms with E-state index in [9.17, 15) is 4.79 Å². The van der Waals surface area contributed by atoms with Crippen LogP contribution >= 0.6 is 0 Å². The minimum absolute atomic E-state index is 0.0237. The van der Waals surface area contributed by atoms with Crippen LogP contribution in [0.25, 0.3) is 16.6 Å². The maximum absolute atomic E-state index is 12.2. The average Bonchev–Trinajstić information content (AvgIpc) is 3.10. The number of nitrogens with zero attached hydrogens (tertiary/aromatic N) is 4. The first-order valence-corrected chi connectivity index (χ1v) is 7.69. The van der Waals surface area contributed by atoms with Crippen LogP contribution in [-0.2, 0) is 0 Å². The van der Waals surface area contributed by atoms with E-state index in [0.29, 0.717) is 11.6 Å². The molecule has 5 heteroatoms. The van der Waals surface area contributed by atoms with Gasteiger partial charge in [-0.1, -0.05) is 19.9 Å². The Bertz CT molecular complexity index is 855. The van der Waals surface area contributed by atoms with Gasteiger partial charge in [0.05, 0.1) is 29.5 Å². The van der Waals surface area contributed by atoms with Gasteiger partial charge in [0, 0.05) is 29.4 Å². The number of pyridine rings is 1. The lowest BCUT2D eigenvalue weighted by molar-refractivity contribution is 0.0941. The molecule has 0 spiro atoms. The van der Waals surface area contributed by atoms with Gasteiger partial charge in [0.1, 0.15) is 0 Å². The van der Waals surface area contributed by atoms with Crippen molar-refractivity contribution in [2.45, 2.75) is 32.7 Å². The molecule has 0 radical (unpaired) electrons. The lowest BCUT2D eigenvalue weighted by Crippen LogP contribution is -2.06. The Morgan fingerprint density at radius 2 is 1.95 bits per heavy atom. The summed E-state index contributed by atoms with van der Waals surface area (Å²) in [6, 6.07) is 4.58. The second kappa shape index (κ2) is 4.80. The average molecular weight is 294 g/mol. The predicted octanol–water partition coefficient (Wildman–Crippen LogP) is 3.37. The minimum Gasteiger partial charge on any atom is -0.294 e. The third kappa shape index (κ3) is 2.13. The monoisotopic (exact) mass is 294 g/mol. The van der Waals surface area contributed by atoms with Crippen LogP contribution < -0.4 is 0 Å². The summed E-state index contributed by atoms with van der Waals surface area (Å²) in [5.74, 6) is 0.105. The highest BCUT2D eigenvalue weighted by molar-refractivity contribution is 6.03. The Kier molecular flexibility index (Phi) is 2.89. The fourth-order valence-corrected chi connectivity index (χ4v) is 2.68. The molecule has 112 valence electrons. The largest absolute Gasteiger partial charge is 0.294 e. The molecule has 5 nitrogen and oxygen atoms in total. The lowest BCUT2D eigenvalue weighted by Gasteiger charge is -2.03. The topological polar surface area (TPSA) is 52.2 Å². The van der Waals surface area contributed by atoms with Crippen molar-refractivity contribution in [2.24, 2.45) is 5.92 Å². The molecule has 0 saturated heterocycles. The molecule has 0 unspecified atom stereocenters. The zero-order valence-corrected chi connectivity index (χ0v) is 12.7. The van der Waals surface area contributed by atoms with Crippen molar-refractivity contribution in [2.75, 3.05) is 0 Å². The highest BCUT2D eigenvalue weighted by atomic mass is 16.1. The third-order valence-electron chi connectivity index (χ3n) is 4.16. The Hall–Kier alpha value is -2.43. The number of hydrogen-bond donors (Lipinski definition) is 0. The summed E-state index contributed by atoms with van der Waals surface area (Å²) in [4.78, 5) is 12.2. The standard InChI is InChI=1S/C17H18N4O/c1-11(2)17(22)15-8-19-21-9-12(3-6-16(15)21)13-7-18-20(10-13)14-4-5-14/h3,6-11,14H,4-5H2,1-2H3. The summed E-state index contributed by atoms with van der Waals surface area (Å²) in [5.41, 5.74) is 3.69. The van der Waals surface area contributed by atoms with Crippen LogP contribution in [0.15, 0.2) is 36.9 Å². The summed E-state index contributed by atoms with van der Waals surface area (Å²) >= 11 is 0. The van der Waals surface area contributed by atoms with E-state index in [4.69, 9.17) is 0 Å². The van der Waals surface area contributed by atoms with Crippen molar-refractivity contribution in [3.8, 4) is 11.1 Å². The maximum Gasteiger partial charge on any atom is 0.169 e. The fraction of sp³-hybridized carbons (Fsp3) is 0.353. The number of Topliss-reactive ketones (excluding diaryl/α,β-unsaturated/α-hetero) is 1. The number of aromatic nitrogens is 4. The van der Waals surface area contributed by atoms with Crippen molar-refractivity contribution >= 4 is 11.3 Å². The normalized spacial score (nSPS) is 14.9. The van der Waals surface area contributed by atoms with Crippen LogP contribution in [0.2, 0.25) is 0 Å². The second-order valence-electron chi connectivity index (χ2n) is 6.26. The predicted molar refractivity (Wildman–Crippen MR) is 83.9 cm³/mol. The third-order valence-corrected chi connectivity index (χ3v) is 4.16. The lowest BCUT2D eigenvalue weighted by atomic mass is 10.0. The quantitative estimate of drug-likeness (QED) is 0.693. The van der Waals surface area contributed by atoms with Gasteiger partial charge in [-0.3, -0.25) is 9.48 Å². The Morgan fingerprint density at radius 3 is 2.68 bits per heavy atom. The summed E-state index contributed by atoms with van der Waals surface area (Å²) < 4.78 is 3.82. The molecule has 1 saturated carbocycles. The van der Waals surface area contributed by atoms with Crippen LogP contribution in [0.1, 0.15) is 43.1 Å². The smallest absolute Gasteiger partial charge is 0.169 e. The van der Waals surface area contributed by atoms with Gasteiger partial charge in [0.25, 0.3) is 0 Å². The highest BCUT2D eigenvalue weighted by Crippen LogP contribution is 2.35. The van der Waals surface area contributed by atoms with E-state index in [1.54, 1.807) is 10.7 Å². The van der Waals surface area contributed by atoms with Gasteiger partial charge in [-0.2, -0.15) is 10.2 Å². The van der Waals surface area contributed by atoms with Crippen molar-refractivity contribution in [1.29, 1.82) is 0 Å². The molecule has 0 aromatic carbocycles. The van der Waals surface area contributed by atoms with Gasteiger partial charge in [0.15, 0.2) is 5.78 Å². The molecule has 0 atom stereocenters. The molecule has 1 fully saturated rings. The van der Waals surface area contributed by atoms with Gasteiger partial charge >= 0.3 is 0 Å². The first-order valence-electron chi connectivity index (χ1n) is 7.69. The van der Waals surface area contributed by atoms with Crippen molar-refractivity contribution in [1.82, 2.24) is 19.4 Å². The molecule has 0 aliphatic heterocycles. The van der Waals surface area contributed by atoms with Crippen LogP contribution in [0.5, 0.6) is 0 Å². The number of carbonyl (C=O) groups is 1. The molecule has 0 amide bonds. The van der Waals surface area contributed by atoms with E-state index in [2.05, 4.69) is 16.4 Å². The number of carbonyl (C=O) groups excluding carboxylic acids is 1. The van der Waals surface area contributed by atoms with Crippen LogP contribution in [0.4, 0.5) is 0 Å². The molecule has 0 N–H and O–H groups in total. The van der Waals surface area contributed by atoms with E-state index >= 15 is 0 Å². The van der Waals surface area contributed by atoms with E-state index in [0.717, 1.165) is 16.6 Å². The van der Waals surface area contributed by atoms with Crippen molar-refractivity contribution in [3.05, 3.63) is 42.5 Å². The zero-order valence-electron chi connectivity index (χ0n) is 12.7. The SMILES string of the molecule is CC(C)C(=O)c1cnn2cc(-c3cnn(C4CC4)c3)ccc12. The van der Waals surface area contributed by atoms with E-state index in [1.807, 2.05) is 43.1 Å². The summed E-state index contributed by atoms with van der Waals surface area (Å²) in [6.07, 6.45) is 10.0. The second-order valence-corrected chi connectivity index (χ2v) is 6.26. The van der Waals surface area contributed by atoms with Gasteiger partial charge in [-0.15, -0.1) is 0 Å². The summed E-state index contributed by atoms with van der Waals surface area (Å²) in [5, 5.41) is 8.76. The molecule has 1 aliphatic rings. The van der Waals surface area contributed by atoms with Gasteiger partial charge in [-0.05, 0) is 18.9 Å². The van der Waals surface area contributed by atoms with Gasteiger partial charge in [-0.25, -0.2) is 4.52 Å².